The van der Waals surface area contributed by atoms with Crippen LogP contribution in [0.4, 0.5) is 5.82 Å². The summed E-state index contributed by atoms with van der Waals surface area (Å²) in [6, 6.07) is 2.11. The molecular formula is C14H22N6. The molecule has 0 unspecified atom stereocenters. The number of nitrogens with two attached hydrogens (primary N) is 1. The minimum absolute atomic E-state index is 0.153. The van der Waals surface area contributed by atoms with Gasteiger partial charge in [0.05, 0.1) is 6.04 Å². The van der Waals surface area contributed by atoms with Gasteiger partial charge in [-0.3, -0.25) is 0 Å². The van der Waals surface area contributed by atoms with Gasteiger partial charge >= 0.3 is 0 Å². The van der Waals surface area contributed by atoms with E-state index in [1.807, 2.05) is 30.1 Å². The van der Waals surface area contributed by atoms with Crippen LogP contribution in [0.25, 0.3) is 0 Å². The number of hydrogen-bond acceptors (Lipinski definition) is 5. The Balaban J connectivity index is 2.16. The Morgan fingerprint density at radius 3 is 2.85 bits per heavy atom. The number of hydrogen-bond donors (Lipinski definition) is 2. The molecule has 108 valence electrons. The molecule has 0 amide bonds. The summed E-state index contributed by atoms with van der Waals surface area (Å²) in [7, 11) is 2.01. The first-order chi connectivity index (χ1) is 9.74. The topological polar surface area (TPSA) is 81.7 Å². The number of aryl methyl sites for hydroxylation is 1. The summed E-state index contributed by atoms with van der Waals surface area (Å²) in [5, 5.41) is 3.45. The van der Waals surface area contributed by atoms with Crippen LogP contribution in [0.5, 0.6) is 0 Å². The van der Waals surface area contributed by atoms with Gasteiger partial charge in [-0.1, -0.05) is 13.3 Å². The predicted octanol–water partition coefficient (Wildman–Crippen LogP) is 1.66. The normalized spacial score (nSPS) is 12.3. The Morgan fingerprint density at radius 2 is 2.20 bits per heavy atom. The van der Waals surface area contributed by atoms with Crippen molar-refractivity contribution >= 4 is 5.82 Å². The summed E-state index contributed by atoms with van der Waals surface area (Å²) < 4.78 is 2.04. The molecule has 0 fully saturated rings. The van der Waals surface area contributed by atoms with E-state index in [2.05, 4.69) is 27.2 Å². The summed E-state index contributed by atoms with van der Waals surface area (Å²) in [4.78, 5) is 12.9. The van der Waals surface area contributed by atoms with Gasteiger partial charge in [0.2, 0.25) is 0 Å². The van der Waals surface area contributed by atoms with Crippen LogP contribution in [0.1, 0.15) is 37.3 Å². The fraction of sp³-hybridized carbons (Fsp3) is 0.500. The van der Waals surface area contributed by atoms with Gasteiger partial charge < -0.3 is 15.6 Å². The Bertz CT molecular complexity index is 536. The molecule has 2 heterocycles. The molecule has 0 radical (unpaired) electrons. The van der Waals surface area contributed by atoms with E-state index in [4.69, 9.17) is 5.73 Å². The maximum atomic E-state index is 5.56. The zero-order valence-corrected chi connectivity index (χ0v) is 12.1. The van der Waals surface area contributed by atoms with Gasteiger partial charge in [0.15, 0.2) is 0 Å². The summed E-state index contributed by atoms with van der Waals surface area (Å²) in [6.07, 6.45) is 8.19. The smallest absolute Gasteiger partial charge is 0.131 e. The molecule has 2 aromatic heterocycles. The standard InChI is InChI=1S/C14H22N6/c1-3-4-12(14-16-7-8-20(14)2)19-13-9-11(5-6-15)17-10-18-13/h7-10,12H,3-6,15H2,1-2H3,(H,17,18,19)/t12-/m0/s1. The number of rotatable bonds is 7. The van der Waals surface area contributed by atoms with Crippen LogP contribution in [0.15, 0.2) is 24.8 Å². The fourth-order valence-corrected chi connectivity index (χ4v) is 2.21. The largest absolute Gasteiger partial charge is 0.360 e. The molecule has 6 nitrogen and oxygen atoms in total. The molecule has 6 heteroatoms. The first-order valence-corrected chi connectivity index (χ1v) is 6.99. The highest BCUT2D eigenvalue weighted by Crippen LogP contribution is 2.21. The minimum Gasteiger partial charge on any atom is -0.360 e. The van der Waals surface area contributed by atoms with Gasteiger partial charge in [-0.15, -0.1) is 0 Å². The van der Waals surface area contributed by atoms with Crippen molar-refractivity contribution in [1.29, 1.82) is 0 Å². The van der Waals surface area contributed by atoms with E-state index in [0.717, 1.165) is 36.6 Å². The summed E-state index contributed by atoms with van der Waals surface area (Å²) >= 11 is 0. The van der Waals surface area contributed by atoms with Crippen LogP contribution >= 0.6 is 0 Å². The molecule has 0 saturated heterocycles. The lowest BCUT2D eigenvalue weighted by atomic mass is 10.1. The molecular weight excluding hydrogens is 252 g/mol. The molecule has 1 atom stereocenters. The molecule has 0 aliphatic heterocycles. The molecule has 0 spiro atoms. The lowest BCUT2D eigenvalue weighted by Crippen LogP contribution is -2.16. The fourth-order valence-electron chi connectivity index (χ4n) is 2.21. The number of aromatic nitrogens is 4. The van der Waals surface area contributed by atoms with Gasteiger partial charge in [0.25, 0.3) is 0 Å². The summed E-state index contributed by atoms with van der Waals surface area (Å²) in [6.45, 7) is 2.76. The lowest BCUT2D eigenvalue weighted by Gasteiger charge is -2.18. The van der Waals surface area contributed by atoms with Crippen LogP contribution in [0.3, 0.4) is 0 Å². The van der Waals surface area contributed by atoms with E-state index < -0.39 is 0 Å². The summed E-state index contributed by atoms with van der Waals surface area (Å²) in [5.41, 5.74) is 6.52. The van der Waals surface area contributed by atoms with E-state index in [9.17, 15) is 0 Å². The van der Waals surface area contributed by atoms with Crippen molar-refractivity contribution in [2.75, 3.05) is 11.9 Å². The van der Waals surface area contributed by atoms with E-state index in [0.29, 0.717) is 6.54 Å². The third kappa shape index (κ3) is 3.54. The van der Waals surface area contributed by atoms with Gasteiger partial charge in [-0.05, 0) is 13.0 Å². The highest BCUT2D eigenvalue weighted by Gasteiger charge is 2.15. The van der Waals surface area contributed by atoms with Crippen LogP contribution < -0.4 is 11.1 Å². The Kier molecular flexibility index (Phi) is 5.06. The average Bonchev–Trinajstić information content (AvgIpc) is 2.85. The lowest BCUT2D eigenvalue weighted by molar-refractivity contribution is 0.610. The van der Waals surface area contributed by atoms with Crippen molar-refractivity contribution in [2.24, 2.45) is 12.8 Å². The van der Waals surface area contributed by atoms with Crippen molar-refractivity contribution in [1.82, 2.24) is 19.5 Å². The minimum atomic E-state index is 0.153. The van der Waals surface area contributed by atoms with Crippen molar-refractivity contribution in [3.63, 3.8) is 0 Å². The molecule has 0 aliphatic carbocycles. The Labute approximate surface area is 119 Å². The Morgan fingerprint density at radius 1 is 1.35 bits per heavy atom. The number of anilines is 1. The van der Waals surface area contributed by atoms with Crippen molar-refractivity contribution in [3.05, 3.63) is 36.3 Å². The maximum absolute atomic E-state index is 5.56. The molecule has 20 heavy (non-hydrogen) atoms. The number of nitrogens with one attached hydrogen (secondary N) is 1. The molecule has 0 saturated carbocycles. The van der Waals surface area contributed by atoms with E-state index >= 15 is 0 Å². The zero-order valence-electron chi connectivity index (χ0n) is 12.1. The second kappa shape index (κ2) is 7.00. The van der Waals surface area contributed by atoms with Crippen molar-refractivity contribution in [3.8, 4) is 0 Å². The first-order valence-electron chi connectivity index (χ1n) is 6.99. The molecule has 0 bridgehead atoms. The number of nitrogens with zero attached hydrogens (tertiary/aromatic N) is 4. The molecule has 0 aromatic carbocycles. The van der Waals surface area contributed by atoms with Crippen molar-refractivity contribution < 1.29 is 0 Å². The molecule has 0 aliphatic rings. The van der Waals surface area contributed by atoms with Crippen molar-refractivity contribution in [2.45, 2.75) is 32.2 Å². The van der Waals surface area contributed by atoms with Crippen LogP contribution in [-0.2, 0) is 13.5 Å². The molecule has 3 N–H and O–H groups in total. The van der Waals surface area contributed by atoms with Crippen LogP contribution in [0, 0.1) is 0 Å². The molecule has 2 aromatic rings. The Hall–Kier alpha value is -1.95. The predicted molar refractivity (Wildman–Crippen MR) is 79.3 cm³/mol. The highest BCUT2D eigenvalue weighted by molar-refractivity contribution is 5.37. The first kappa shape index (κ1) is 14.5. The monoisotopic (exact) mass is 274 g/mol. The second-order valence-corrected chi connectivity index (χ2v) is 4.82. The SMILES string of the molecule is CCC[C@H](Nc1cc(CCN)ncn1)c1nccn1C. The quantitative estimate of drug-likeness (QED) is 0.802. The van der Waals surface area contributed by atoms with Crippen LogP contribution in [0.2, 0.25) is 0 Å². The van der Waals surface area contributed by atoms with E-state index in [1.54, 1.807) is 6.33 Å². The van der Waals surface area contributed by atoms with Gasteiger partial charge in [0, 0.05) is 37.6 Å². The van der Waals surface area contributed by atoms with Gasteiger partial charge in [-0.2, -0.15) is 0 Å². The number of imidazole rings is 1. The second-order valence-electron chi connectivity index (χ2n) is 4.82. The zero-order chi connectivity index (χ0) is 14.4. The van der Waals surface area contributed by atoms with E-state index in [-0.39, 0.29) is 6.04 Å². The molecule has 2 rings (SSSR count). The van der Waals surface area contributed by atoms with E-state index in [1.165, 1.54) is 0 Å². The maximum Gasteiger partial charge on any atom is 0.131 e. The third-order valence-electron chi connectivity index (χ3n) is 3.19. The third-order valence-corrected chi connectivity index (χ3v) is 3.19. The average molecular weight is 274 g/mol. The highest BCUT2D eigenvalue weighted by atomic mass is 15.1. The summed E-state index contributed by atoms with van der Waals surface area (Å²) in [5.74, 6) is 1.84. The van der Waals surface area contributed by atoms with Gasteiger partial charge in [-0.25, -0.2) is 15.0 Å². The van der Waals surface area contributed by atoms with Crippen LogP contribution in [-0.4, -0.2) is 26.1 Å². The van der Waals surface area contributed by atoms with Gasteiger partial charge in [0.1, 0.15) is 18.0 Å².